The highest BCUT2D eigenvalue weighted by atomic mass is 32.1. The first-order chi connectivity index (χ1) is 13.3. The Hall–Kier alpha value is -2.84. The first-order valence-corrected chi connectivity index (χ1v) is 9.81. The molecule has 0 saturated carbocycles. The summed E-state index contributed by atoms with van der Waals surface area (Å²) in [6, 6.07) is 9.98. The minimum absolute atomic E-state index is 0.0974. The number of hydrogen-bond acceptors (Lipinski definition) is 5. The Morgan fingerprint density at radius 3 is 2.68 bits per heavy atom. The van der Waals surface area contributed by atoms with Gasteiger partial charge in [0.2, 0.25) is 0 Å². The van der Waals surface area contributed by atoms with Crippen LogP contribution in [0.2, 0.25) is 0 Å². The molecular weight excluding hydrogens is 376 g/mol. The molecule has 0 aliphatic carbocycles. The number of nitrogens with zero attached hydrogens (tertiary/aromatic N) is 3. The second-order valence-corrected chi connectivity index (χ2v) is 8.16. The summed E-state index contributed by atoms with van der Waals surface area (Å²) in [5.41, 5.74) is 3.29. The Morgan fingerprint density at radius 2 is 2.00 bits per heavy atom. The van der Waals surface area contributed by atoms with E-state index in [0.29, 0.717) is 11.7 Å². The van der Waals surface area contributed by atoms with Gasteiger partial charge in [0.15, 0.2) is 5.13 Å². The van der Waals surface area contributed by atoms with Gasteiger partial charge in [-0.1, -0.05) is 23.5 Å². The fourth-order valence-electron chi connectivity index (χ4n) is 3.00. The van der Waals surface area contributed by atoms with E-state index >= 15 is 0 Å². The fraction of sp³-hybridized carbons (Fsp3) is 0.300. The number of rotatable bonds is 6. The van der Waals surface area contributed by atoms with Crippen LogP contribution in [-0.4, -0.2) is 43.0 Å². The predicted molar refractivity (Wildman–Crippen MR) is 112 cm³/mol. The average Bonchev–Trinajstić information content (AvgIpc) is 3.05. The van der Waals surface area contributed by atoms with Crippen LogP contribution in [-0.2, 0) is 0 Å². The predicted octanol–water partition coefficient (Wildman–Crippen LogP) is 2.61. The summed E-state index contributed by atoms with van der Waals surface area (Å²) in [7, 11) is 4.03. The number of nitro groups is 1. The molecular formula is C20H23N4O3S+. The number of fused-ring (bicyclic) bond motifs is 1. The lowest BCUT2D eigenvalue weighted by Gasteiger charge is -2.20. The highest BCUT2D eigenvalue weighted by Crippen LogP contribution is 2.32. The summed E-state index contributed by atoms with van der Waals surface area (Å²) in [5, 5.41) is 11.7. The van der Waals surface area contributed by atoms with E-state index in [9.17, 15) is 14.9 Å². The van der Waals surface area contributed by atoms with Crippen molar-refractivity contribution in [1.29, 1.82) is 0 Å². The third kappa shape index (κ3) is 4.18. The number of nitrogens with one attached hydrogen (secondary N) is 1. The van der Waals surface area contributed by atoms with Crippen LogP contribution >= 0.6 is 11.3 Å². The van der Waals surface area contributed by atoms with Crippen molar-refractivity contribution < 1.29 is 14.6 Å². The summed E-state index contributed by atoms with van der Waals surface area (Å²) in [5.74, 6) is -0.279. The van der Waals surface area contributed by atoms with Crippen LogP contribution < -0.4 is 9.80 Å². The minimum Gasteiger partial charge on any atom is -0.338 e. The lowest BCUT2D eigenvalue weighted by molar-refractivity contribution is -0.856. The van der Waals surface area contributed by atoms with E-state index in [-0.39, 0.29) is 17.2 Å². The SMILES string of the molecule is Cc1cc(C)c2nc(N(CC[NH+](C)C)C(=O)c3cccc([N+](=O)[O-])c3)sc2c1. The third-order valence-electron chi connectivity index (χ3n) is 4.43. The standard InChI is InChI=1S/C20H22N4O3S/c1-13-10-14(2)18-17(11-13)28-20(21-18)23(9-8-22(3)4)19(25)15-6-5-7-16(12-15)24(26)27/h5-7,10-12H,8-9H2,1-4H3/p+1. The fourth-order valence-corrected chi connectivity index (χ4v) is 4.17. The van der Waals surface area contributed by atoms with Gasteiger partial charge < -0.3 is 4.90 Å². The number of likely N-dealkylation sites (N-methyl/N-ethyl adjacent to an activating group) is 1. The number of benzene rings is 2. The van der Waals surface area contributed by atoms with Gasteiger partial charge in [-0.3, -0.25) is 19.8 Å². The van der Waals surface area contributed by atoms with Gasteiger partial charge in [-0.05, 0) is 37.1 Å². The van der Waals surface area contributed by atoms with Crippen LogP contribution in [0.3, 0.4) is 0 Å². The molecule has 7 nitrogen and oxygen atoms in total. The highest BCUT2D eigenvalue weighted by Gasteiger charge is 2.24. The van der Waals surface area contributed by atoms with E-state index in [1.54, 1.807) is 11.0 Å². The molecule has 0 unspecified atom stereocenters. The van der Waals surface area contributed by atoms with Crippen molar-refractivity contribution in [3.05, 3.63) is 63.2 Å². The Kier molecular flexibility index (Phi) is 5.71. The van der Waals surface area contributed by atoms with Gasteiger partial charge in [0, 0.05) is 17.7 Å². The second kappa shape index (κ2) is 8.04. The van der Waals surface area contributed by atoms with Gasteiger partial charge in [-0.2, -0.15) is 0 Å². The molecule has 0 aliphatic rings. The smallest absolute Gasteiger partial charge is 0.270 e. The van der Waals surface area contributed by atoms with Crippen LogP contribution in [0.1, 0.15) is 21.5 Å². The monoisotopic (exact) mass is 399 g/mol. The van der Waals surface area contributed by atoms with Crippen molar-refractivity contribution in [2.24, 2.45) is 0 Å². The third-order valence-corrected chi connectivity index (χ3v) is 5.46. The van der Waals surface area contributed by atoms with Crippen LogP contribution in [0.5, 0.6) is 0 Å². The molecule has 0 aliphatic heterocycles. The number of anilines is 1. The summed E-state index contributed by atoms with van der Waals surface area (Å²) in [6.45, 7) is 5.25. The number of quaternary nitrogens is 1. The average molecular weight is 399 g/mol. The molecule has 0 atom stereocenters. The van der Waals surface area contributed by atoms with Crippen LogP contribution in [0.15, 0.2) is 36.4 Å². The molecule has 0 radical (unpaired) electrons. The molecule has 8 heteroatoms. The van der Waals surface area contributed by atoms with Crippen LogP contribution in [0.25, 0.3) is 10.2 Å². The van der Waals surface area contributed by atoms with E-state index < -0.39 is 4.92 Å². The topological polar surface area (TPSA) is 80.8 Å². The summed E-state index contributed by atoms with van der Waals surface area (Å²) in [6.07, 6.45) is 0. The quantitative estimate of drug-likeness (QED) is 0.510. The van der Waals surface area contributed by atoms with E-state index in [2.05, 4.69) is 12.1 Å². The van der Waals surface area contributed by atoms with Gasteiger partial charge in [0.1, 0.15) is 0 Å². The summed E-state index contributed by atoms with van der Waals surface area (Å²) in [4.78, 5) is 31.4. The number of non-ortho nitro benzene ring substituents is 1. The van der Waals surface area contributed by atoms with Crippen molar-refractivity contribution in [2.45, 2.75) is 13.8 Å². The number of aromatic nitrogens is 1. The largest absolute Gasteiger partial charge is 0.338 e. The number of carbonyl (C=O) groups excluding carboxylic acids is 1. The van der Waals surface area contributed by atoms with E-state index in [0.717, 1.165) is 27.9 Å². The van der Waals surface area contributed by atoms with Gasteiger partial charge in [0.25, 0.3) is 11.6 Å². The number of thiazole rings is 1. The zero-order valence-electron chi connectivity index (χ0n) is 16.4. The molecule has 0 fully saturated rings. The molecule has 3 aromatic rings. The number of carbonyl (C=O) groups is 1. The van der Waals surface area contributed by atoms with Gasteiger partial charge in [0.05, 0.1) is 42.3 Å². The van der Waals surface area contributed by atoms with Gasteiger partial charge in [-0.15, -0.1) is 0 Å². The van der Waals surface area contributed by atoms with Crippen molar-refractivity contribution in [1.82, 2.24) is 4.98 Å². The van der Waals surface area contributed by atoms with Gasteiger partial charge in [-0.25, -0.2) is 4.98 Å². The Morgan fingerprint density at radius 1 is 1.25 bits per heavy atom. The number of amides is 1. The first-order valence-electron chi connectivity index (χ1n) is 8.99. The Bertz CT molecular complexity index is 1050. The summed E-state index contributed by atoms with van der Waals surface area (Å²) >= 11 is 1.47. The van der Waals surface area contributed by atoms with Gasteiger partial charge >= 0.3 is 0 Å². The maximum Gasteiger partial charge on any atom is 0.270 e. The molecule has 1 N–H and O–H groups in total. The molecule has 1 aromatic heterocycles. The van der Waals surface area contributed by atoms with Crippen LogP contribution in [0, 0.1) is 24.0 Å². The second-order valence-electron chi connectivity index (χ2n) is 7.15. The minimum atomic E-state index is -0.491. The Balaban J connectivity index is 2.04. The molecule has 3 rings (SSSR count). The lowest BCUT2D eigenvalue weighted by atomic mass is 10.1. The molecule has 1 heterocycles. The molecule has 146 valence electrons. The number of aryl methyl sites for hydroxylation is 2. The maximum atomic E-state index is 13.2. The van der Waals surface area contributed by atoms with E-state index in [1.807, 2.05) is 27.9 Å². The molecule has 2 aromatic carbocycles. The molecule has 0 bridgehead atoms. The Labute approximate surface area is 167 Å². The highest BCUT2D eigenvalue weighted by molar-refractivity contribution is 7.22. The van der Waals surface area contributed by atoms with Crippen molar-refractivity contribution in [3.8, 4) is 0 Å². The molecule has 1 amide bonds. The van der Waals surface area contributed by atoms with E-state index in [1.165, 1.54) is 34.4 Å². The number of nitro benzene ring substituents is 1. The van der Waals surface area contributed by atoms with Crippen molar-refractivity contribution in [2.75, 3.05) is 32.1 Å². The van der Waals surface area contributed by atoms with E-state index in [4.69, 9.17) is 4.98 Å². The first kappa shape index (κ1) is 19.9. The number of hydrogen-bond donors (Lipinski definition) is 1. The molecule has 0 saturated heterocycles. The zero-order chi connectivity index (χ0) is 20.4. The maximum absolute atomic E-state index is 13.2. The summed E-state index contributed by atoms with van der Waals surface area (Å²) < 4.78 is 1.03. The molecule has 0 spiro atoms. The van der Waals surface area contributed by atoms with Crippen molar-refractivity contribution >= 4 is 38.3 Å². The lowest BCUT2D eigenvalue weighted by Crippen LogP contribution is -3.06. The normalized spacial score (nSPS) is 11.2. The van der Waals surface area contributed by atoms with Crippen LogP contribution in [0.4, 0.5) is 10.8 Å². The molecule has 28 heavy (non-hydrogen) atoms. The zero-order valence-corrected chi connectivity index (χ0v) is 17.2. The van der Waals surface area contributed by atoms with Crippen molar-refractivity contribution in [3.63, 3.8) is 0 Å².